The first-order chi connectivity index (χ1) is 11.6. The third-order valence-corrected chi connectivity index (χ3v) is 5.17. The number of aryl methyl sites for hydroxylation is 1. The number of aromatic amines is 1. The van der Waals surface area contributed by atoms with Crippen LogP contribution in [0, 0.1) is 6.92 Å². The van der Waals surface area contributed by atoms with E-state index in [2.05, 4.69) is 9.97 Å². The number of hydrogen-bond donors (Lipinski definition) is 1. The van der Waals surface area contributed by atoms with E-state index >= 15 is 0 Å². The van der Waals surface area contributed by atoms with Crippen molar-refractivity contribution in [1.29, 1.82) is 0 Å². The number of benzene rings is 2. The van der Waals surface area contributed by atoms with Gasteiger partial charge in [-0.2, -0.15) is 0 Å². The molecule has 6 heteroatoms. The highest BCUT2D eigenvalue weighted by atomic mass is 35.5. The van der Waals surface area contributed by atoms with Crippen molar-refractivity contribution in [1.82, 2.24) is 9.97 Å². The first-order valence-electron chi connectivity index (χ1n) is 7.40. The second kappa shape index (κ2) is 6.00. The molecule has 2 aromatic carbocycles. The number of nitrogens with one attached hydrogen (secondary N) is 1. The summed E-state index contributed by atoms with van der Waals surface area (Å²) in [6, 6.07) is 13.0. The van der Waals surface area contributed by atoms with Crippen LogP contribution in [-0.4, -0.2) is 9.97 Å². The third-order valence-electron chi connectivity index (χ3n) is 3.84. The SMILES string of the molecule is Cc1cc2oc(=O)cc(CSc3nc4ccccc4[nH]3)c2cc1Cl. The maximum atomic E-state index is 11.8. The molecule has 120 valence electrons. The maximum Gasteiger partial charge on any atom is 0.336 e. The lowest BCUT2D eigenvalue weighted by Gasteiger charge is -2.06. The number of fused-ring (bicyclic) bond motifs is 2. The summed E-state index contributed by atoms with van der Waals surface area (Å²) in [6.45, 7) is 1.89. The third kappa shape index (κ3) is 2.81. The molecule has 0 aliphatic carbocycles. The highest BCUT2D eigenvalue weighted by Crippen LogP contribution is 2.29. The van der Waals surface area contributed by atoms with Gasteiger partial charge < -0.3 is 9.40 Å². The molecular formula is C18H13ClN2O2S. The summed E-state index contributed by atoms with van der Waals surface area (Å²) in [4.78, 5) is 19.6. The molecule has 4 aromatic rings. The molecule has 0 bridgehead atoms. The van der Waals surface area contributed by atoms with Gasteiger partial charge in [-0.3, -0.25) is 0 Å². The Kier molecular flexibility index (Phi) is 3.82. The summed E-state index contributed by atoms with van der Waals surface area (Å²) in [6.07, 6.45) is 0. The topological polar surface area (TPSA) is 58.9 Å². The van der Waals surface area contributed by atoms with Crippen LogP contribution in [-0.2, 0) is 5.75 Å². The lowest BCUT2D eigenvalue weighted by Crippen LogP contribution is -2.00. The Morgan fingerprint density at radius 2 is 2.08 bits per heavy atom. The maximum absolute atomic E-state index is 11.8. The van der Waals surface area contributed by atoms with Gasteiger partial charge in [-0.1, -0.05) is 35.5 Å². The van der Waals surface area contributed by atoms with Gasteiger partial charge in [0.25, 0.3) is 0 Å². The average molecular weight is 357 g/mol. The summed E-state index contributed by atoms with van der Waals surface area (Å²) in [7, 11) is 0. The predicted molar refractivity (Wildman–Crippen MR) is 97.9 cm³/mol. The summed E-state index contributed by atoms with van der Waals surface area (Å²) in [5.41, 5.74) is 3.89. The zero-order valence-corrected chi connectivity index (χ0v) is 14.4. The molecule has 0 saturated heterocycles. The second-order valence-corrected chi connectivity index (χ2v) is 6.91. The van der Waals surface area contributed by atoms with Gasteiger partial charge in [-0.05, 0) is 42.3 Å². The van der Waals surface area contributed by atoms with Gasteiger partial charge in [-0.25, -0.2) is 9.78 Å². The molecule has 2 aromatic heterocycles. The van der Waals surface area contributed by atoms with Gasteiger partial charge in [0, 0.05) is 22.2 Å². The Hall–Kier alpha value is -2.24. The van der Waals surface area contributed by atoms with Crippen molar-refractivity contribution < 1.29 is 4.42 Å². The average Bonchev–Trinajstić information content (AvgIpc) is 2.97. The Bertz CT molecular complexity index is 1080. The number of para-hydroxylation sites is 2. The van der Waals surface area contributed by atoms with Crippen LogP contribution in [0.5, 0.6) is 0 Å². The first-order valence-corrected chi connectivity index (χ1v) is 8.77. The molecule has 0 saturated carbocycles. The minimum atomic E-state index is -0.357. The molecule has 0 radical (unpaired) electrons. The van der Waals surface area contributed by atoms with Gasteiger partial charge in [0.05, 0.1) is 11.0 Å². The van der Waals surface area contributed by atoms with Crippen LogP contribution in [0.25, 0.3) is 22.0 Å². The number of thioether (sulfide) groups is 1. The molecule has 0 aliphatic heterocycles. The van der Waals surface area contributed by atoms with E-state index in [1.807, 2.05) is 37.3 Å². The second-order valence-electron chi connectivity index (χ2n) is 5.54. The highest BCUT2D eigenvalue weighted by molar-refractivity contribution is 7.98. The van der Waals surface area contributed by atoms with E-state index in [1.54, 1.807) is 17.8 Å². The van der Waals surface area contributed by atoms with E-state index in [0.29, 0.717) is 16.4 Å². The smallest absolute Gasteiger partial charge is 0.336 e. The zero-order valence-electron chi connectivity index (χ0n) is 12.8. The molecule has 2 heterocycles. The quantitative estimate of drug-likeness (QED) is 0.418. The molecule has 0 amide bonds. The molecular weight excluding hydrogens is 344 g/mol. The first kappa shape index (κ1) is 15.3. The molecule has 4 rings (SSSR count). The number of rotatable bonds is 3. The van der Waals surface area contributed by atoms with Crippen molar-refractivity contribution in [2.75, 3.05) is 0 Å². The summed E-state index contributed by atoms with van der Waals surface area (Å²) < 4.78 is 5.29. The minimum Gasteiger partial charge on any atom is -0.423 e. The fraction of sp³-hybridized carbons (Fsp3) is 0.111. The van der Waals surface area contributed by atoms with Crippen molar-refractivity contribution in [2.45, 2.75) is 17.8 Å². The van der Waals surface area contributed by atoms with E-state index in [4.69, 9.17) is 16.0 Å². The van der Waals surface area contributed by atoms with Crippen LogP contribution in [0.1, 0.15) is 11.1 Å². The van der Waals surface area contributed by atoms with Gasteiger partial charge in [0.1, 0.15) is 5.58 Å². The summed E-state index contributed by atoms with van der Waals surface area (Å²) in [5.74, 6) is 0.599. The van der Waals surface area contributed by atoms with Crippen LogP contribution in [0.4, 0.5) is 0 Å². The molecule has 0 fully saturated rings. The van der Waals surface area contributed by atoms with E-state index in [0.717, 1.165) is 32.7 Å². The molecule has 0 spiro atoms. The lowest BCUT2D eigenvalue weighted by molar-refractivity contribution is 0.559. The lowest BCUT2D eigenvalue weighted by atomic mass is 10.1. The van der Waals surface area contributed by atoms with Crippen LogP contribution >= 0.6 is 23.4 Å². The van der Waals surface area contributed by atoms with Gasteiger partial charge in [-0.15, -0.1) is 0 Å². The molecule has 4 nitrogen and oxygen atoms in total. The van der Waals surface area contributed by atoms with Crippen LogP contribution in [0.15, 0.2) is 56.8 Å². The van der Waals surface area contributed by atoms with Gasteiger partial charge in [0.2, 0.25) is 0 Å². The fourth-order valence-electron chi connectivity index (χ4n) is 2.61. The molecule has 0 atom stereocenters. The van der Waals surface area contributed by atoms with E-state index in [1.165, 1.54) is 6.07 Å². The number of halogens is 1. The van der Waals surface area contributed by atoms with Crippen LogP contribution < -0.4 is 5.63 Å². The van der Waals surface area contributed by atoms with Crippen molar-refractivity contribution in [3.8, 4) is 0 Å². The van der Waals surface area contributed by atoms with Crippen molar-refractivity contribution >= 4 is 45.4 Å². The summed E-state index contributed by atoms with van der Waals surface area (Å²) >= 11 is 7.77. The number of hydrogen-bond acceptors (Lipinski definition) is 4. The van der Waals surface area contributed by atoms with Crippen molar-refractivity contribution in [2.24, 2.45) is 0 Å². The molecule has 24 heavy (non-hydrogen) atoms. The van der Waals surface area contributed by atoms with E-state index in [-0.39, 0.29) is 5.63 Å². The number of aromatic nitrogens is 2. The molecule has 1 N–H and O–H groups in total. The number of nitrogens with zero attached hydrogens (tertiary/aromatic N) is 1. The fourth-order valence-corrected chi connectivity index (χ4v) is 3.65. The largest absolute Gasteiger partial charge is 0.423 e. The predicted octanol–water partition coefficient (Wildman–Crippen LogP) is 4.92. The Balaban J connectivity index is 1.71. The molecule has 0 aliphatic rings. The Morgan fingerprint density at radius 1 is 1.25 bits per heavy atom. The van der Waals surface area contributed by atoms with Crippen molar-refractivity contribution in [3.05, 3.63) is 69.0 Å². The summed E-state index contributed by atoms with van der Waals surface area (Å²) in [5, 5.41) is 2.33. The monoisotopic (exact) mass is 356 g/mol. The molecule has 0 unspecified atom stereocenters. The number of H-pyrrole nitrogens is 1. The number of imidazole rings is 1. The van der Waals surface area contributed by atoms with E-state index in [9.17, 15) is 4.79 Å². The zero-order chi connectivity index (χ0) is 16.7. The minimum absolute atomic E-state index is 0.357. The van der Waals surface area contributed by atoms with Gasteiger partial charge in [0.15, 0.2) is 5.16 Å². The Labute approximate surface area is 146 Å². The van der Waals surface area contributed by atoms with E-state index < -0.39 is 0 Å². The van der Waals surface area contributed by atoms with Gasteiger partial charge >= 0.3 is 5.63 Å². The normalized spacial score (nSPS) is 11.4. The van der Waals surface area contributed by atoms with Crippen LogP contribution in [0.3, 0.4) is 0 Å². The highest BCUT2D eigenvalue weighted by Gasteiger charge is 2.10. The Morgan fingerprint density at radius 3 is 2.92 bits per heavy atom. The standard InChI is InChI=1S/C18H13ClN2O2S/c1-10-6-16-12(8-13(10)19)11(7-17(22)23-16)9-24-18-20-14-4-2-3-5-15(14)21-18/h2-8H,9H2,1H3,(H,20,21). The van der Waals surface area contributed by atoms with Crippen molar-refractivity contribution in [3.63, 3.8) is 0 Å². The van der Waals surface area contributed by atoms with Crippen LogP contribution in [0.2, 0.25) is 5.02 Å².